The number of likely N-dealkylation sites (N-methyl/N-ethyl adjacent to an activating group) is 1. The van der Waals surface area contributed by atoms with E-state index in [1.54, 1.807) is 18.0 Å². The monoisotopic (exact) mass is 246 g/mol. The molecule has 94 valence electrons. The number of ketones is 1. The number of para-hydroxylation sites is 1. The van der Waals surface area contributed by atoms with E-state index in [4.69, 9.17) is 10.2 Å². The number of Topliss-reactive ketones (excluding diaryl/α,β-unsaturated/α-hetero) is 1. The first-order valence-electron chi connectivity index (χ1n) is 5.54. The molecule has 0 aliphatic carbocycles. The van der Waals surface area contributed by atoms with Gasteiger partial charge in [0, 0.05) is 5.39 Å². The molecule has 0 saturated heterocycles. The van der Waals surface area contributed by atoms with Gasteiger partial charge in [-0.2, -0.15) is 0 Å². The molecule has 0 aliphatic rings. The van der Waals surface area contributed by atoms with Gasteiger partial charge in [0.1, 0.15) is 11.8 Å². The smallest absolute Gasteiger partial charge is 0.231 e. The number of nitrogens with two attached hydrogens (primary N) is 1. The number of hydrogen-bond acceptors (Lipinski definition) is 4. The molecular weight excluding hydrogens is 232 g/mol. The second-order valence-corrected chi connectivity index (χ2v) is 4.21. The highest BCUT2D eigenvalue weighted by atomic mass is 16.3. The van der Waals surface area contributed by atoms with Gasteiger partial charge in [-0.3, -0.25) is 14.5 Å². The van der Waals surface area contributed by atoms with Gasteiger partial charge >= 0.3 is 0 Å². The summed E-state index contributed by atoms with van der Waals surface area (Å²) in [7, 11) is 1.67. The first-order valence-corrected chi connectivity index (χ1v) is 5.54. The van der Waals surface area contributed by atoms with Crippen LogP contribution in [-0.4, -0.2) is 36.7 Å². The second kappa shape index (κ2) is 5.01. The second-order valence-electron chi connectivity index (χ2n) is 4.21. The standard InChI is InChI=1S/C13H14N2O3/c1-15(7-13(14)17)6-11(16)10-8-18-12-5-3-2-4-9(10)12/h2-5,8H,6-7H2,1H3,(H2,14,17). The third kappa shape index (κ3) is 2.57. The van der Waals surface area contributed by atoms with Crippen LogP contribution in [0.5, 0.6) is 0 Å². The summed E-state index contributed by atoms with van der Waals surface area (Å²) in [5.41, 5.74) is 6.28. The summed E-state index contributed by atoms with van der Waals surface area (Å²) in [6.45, 7) is 0.188. The van der Waals surface area contributed by atoms with Gasteiger partial charge in [-0.05, 0) is 13.1 Å². The van der Waals surface area contributed by atoms with E-state index in [1.807, 2.05) is 18.2 Å². The molecule has 1 aromatic heterocycles. The van der Waals surface area contributed by atoms with Crippen molar-refractivity contribution in [3.05, 3.63) is 36.1 Å². The maximum atomic E-state index is 12.1. The maximum absolute atomic E-state index is 12.1. The molecule has 0 aliphatic heterocycles. The van der Waals surface area contributed by atoms with E-state index < -0.39 is 5.91 Å². The Morgan fingerprint density at radius 1 is 1.28 bits per heavy atom. The number of furan rings is 1. The van der Waals surface area contributed by atoms with Crippen molar-refractivity contribution in [3.8, 4) is 0 Å². The number of primary amides is 1. The fourth-order valence-corrected chi connectivity index (χ4v) is 1.85. The minimum atomic E-state index is -0.456. The van der Waals surface area contributed by atoms with Crippen molar-refractivity contribution >= 4 is 22.7 Å². The van der Waals surface area contributed by atoms with Crippen LogP contribution in [0.2, 0.25) is 0 Å². The van der Waals surface area contributed by atoms with Gasteiger partial charge in [0.2, 0.25) is 5.91 Å². The van der Waals surface area contributed by atoms with Gasteiger partial charge in [-0.25, -0.2) is 0 Å². The molecule has 0 saturated carbocycles. The highest BCUT2D eigenvalue weighted by Crippen LogP contribution is 2.21. The van der Waals surface area contributed by atoms with Crippen LogP contribution >= 0.6 is 0 Å². The maximum Gasteiger partial charge on any atom is 0.231 e. The Hall–Kier alpha value is -2.14. The van der Waals surface area contributed by atoms with Crippen molar-refractivity contribution in [2.75, 3.05) is 20.1 Å². The SMILES string of the molecule is CN(CC(N)=O)CC(=O)c1coc2ccccc12. The fraction of sp³-hybridized carbons (Fsp3) is 0.231. The van der Waals surface area contributed by atoms with E-state index >= 15 is 0 Å². The summed E-state index contributed by atoms with van der Waals surface area (Å²) in [5, 5.41) is 0.787. The van der Waals surface area contributed by atoms with Crippen molar-refractivity contribution in [2.24, 2.45) is 5.73 Å². The van der Waals surface area contributed by atoms with Crippen molar-refractivity contribution in [1.82, 2.24) is 4.90 Å². The van der Waals surface area contributed by atoms with E-state index in [2.05, 4.69) is 0 Å². The molecule has 0 radical (unpaired) electrons. The van der Waals surface area contributed by atoms with Crippen molar-refractivity contribution in [3.63, 3.8) is 0 Å². The number of rotatable bonds is 5. The van der Waals surface area contributed by atoms with E-state index in [1.165, 1.54) is 6.26 Å². The summed E-state index contributed by atoms with van der Waals surface area (Å²) in [6.07, 6.45) is 1.45. The molecule has 0 fully saturated rings. The molecule has 1 aromatic carbocycles. The average Bonchev–Trinajstić information content (AvgIpc) is 2.71. The molecule has 0 bridgehead atoms. The number of carbonyl (C=O) groups is 2. The van der Waals surface area contributed by atoms with E-state index in [-0.39, 0.29) is 18.9 Å². The van der Waals surface area contributed by atoms with Crippen LogP contribution < -0.4 is 5.73 Å². The van der Waals surface area contributed by atoms with Crippen LogP contribution in [0.4, 0.5) is 0 Å². The predicted octanol–water partition coefficient (Wildman–Crippen LogP) is 1.03. The molecule has 5 heteroatoms. The van der Waals surface area contributed by atoms with Gasteiger partial charge in [0.15, 0.2) is 5.78 Å². The van der Waals surface area contributed by atoms with Crippen molar-refractivity contribution in [2.45, 2.75) is 0 Å². The first-order chi connectivity index (χ1) is 8.58. The minimum absolute atomic E-state index is 0.0571. The van der Waals surface area contributed by atoms with Crippen LogP contribution in [0.3, 0.4) is 0 Å². The summed E-state index contributed by atoms with van der Waals surface area (Å²) in [5.74, 6) is -0.550. The largest absolute Gasteiger partial charge is 0.464 e. The lowest BCUT2D eigenvalue weighted by molar-refractivity contribution is -0.118. The van der Waals surface area contributed by atoms with Gasteiger partial charge in [0.05, 0.1) is 18.7 Å². The average molecular weight is 246 g/mol. The lowest BCUT2D eigenvalue weighted by atomic mass is 10.1. The number of nitrogens with zero attached hydrogens (tertiary/aromatic N) is 1. The Kier molecular flexibility index (Phi) is 3.43. The lowest BCUT2D eigenvalue weighted by Gasteiger charge is -2.12. The molecular formula is C13H14N2O3. The summed E-state index contributed by atoms with van der Waals surface area (Å²) in [4.78, 5) is 24.4. The Balaban J connectivity index is 2.16. The number of fused-ring (bicyclic) bond motifs is 1. The van der Waals surface area contributed by atoms with Crippen LogP contribution in [0.15, 0.2) is 34.9 Å². The quantitative estimate of drug-likeness (QED) is 0.799. The van der Waals surface area contributed by atoms with Crippen molar-refractivity contribution in [1.29, 1.82) is 0 Å². The van der Waals surface area contributed by atoms with Crippen LogP contribution in [0.1, 0.15) is 10.4 Å². The normalized spacial score (nSPS) is 11.0. The molecule has 1 heterocycles. The lowest BCUT2D eigenvalue weighted by Crippen LogP contribution is -2.34. The zero-order valence-electron chi connectivity index (χ0n) is 10.1. The molecule has 5 nitrogen and oxygen atoms in total. The molecule has 0 unspecified atom stereocenters. The van der Waals surface area contributed by atoms with E-state index in [9.17, 15) is 9.59 Å². The third-order valence-corrected chi connectivity index (χ3v) is 2.62. The number of benzene rings is 1. The molecule has 2 N–H and O–H groups in total. The van der Waals surface area contributed by atoms with Gasteiger partial charge in [-0.15, -0.1) is 0 Å². The molecule has 0 atom stereocenters. The number of hydrogen-bond donors (Lipinski definition) is 1. The molecule has 18 heavy (non-hydrogen) atoms. The highest BCUT2D eigenvalue weighted by molar-refractivity contribution is 6.08. The van der Waals surface area contributed by atoms with E-state index in [0.29, 0.717) is 11.1 Å². The number of carbonyl (C=O) groups excluding carboxylic acids is 2. The zero-order valence-corrected chi connectivity index (χ0v) is 10.1. The zero-order chi connectivity index (χ0) is 13.1. The third-order valence-electron chi connectivity index (χ3n) is 2.62. The van der Waals surface area contributed by atoms with Crippen LogP contribution in [-0.2, 0) is 4.79 Å². The Morgan fingerprint density at radius 2 is 2.00 bits per heavy atom. The molecule has 1 amide bonds. The molecule has 0 spiro atoms. The first kappa shape index (κ1) is 12.3. The summed E-state index contributed by atoms with van der Waals surface area (Å²) in [6, 6.07) is 7.33. The molecule has 2 rings (SSSR count). The molecule has 2 aromatic rings. The van der Waals surface area contributed by atoms with Gasteiger partial charge < -0.3 is 10.2 Å². The van der Waals surface area contributed by atoms with Crippen LogP contribution in [0.25, 0.3) is 11.0 Å². The Morgan fingerprint density at radius 3 is 2.72 bits per heavy atom. The topological polar surface area (TPSA) is 76.5 Å². The fourth-order valence-electron chi connectivity index (χ4n) is 1.85. The highest BCUT2D eigenvalue weighted by Gasteiger charge is 2.15. The summed E-state index contributed by atoms with van der Waals surface area (Å²) < 4.78 is 5.30. The Labute approximate surface area is 104 Å². The van der Waals surface area contributed by atoms with Gasteiger partial charge in [0.25, 0.3) is 0 Å². The van der Waals surface area contributed by atoms with Crippen LogP contribution in [0, 0.1) is 0 Å². The predicted molar refractivity (Wildman–Crippen MR) is 67.2 cm³/mol. The van der Waals surface area contributed by atoms with E-state index in [0.717, 1.165) is 5.39 Å². The summed E-state index contributed by atoms with van der Waals surface area (Å²) >= 11 is 0. The minimum Gasteiger partial charge on any atom is -0.464 e. The Bertz CT molecular complexity index is 589. The van der Waals surface area contributed by atoms with Gasteiger partial charge in [-0.1, -0.05) is 18.2 Å². The van der Waals surface area contributed by atoms with Crippen molar-refractivity contribution < 1.29 is 14.0 Å². The number of amides is 1.